The van der Waals surface area contributed by atoms with Gasteiger partial charge in [-0.1, -0.05) is 42.1 Å². The lowest BCUT2D eigenvalue weighted by atomic mass is 10.2. The van der Waals surface area contributed by atoms with Gasteiger partial charge in [-0.2, -0.15) is 5.26 Å². The van der Waals surface area contributed by atoms with Crippen molar-refractivity contribution >= 4 is 17.7 Å². The molecule has 0 N–H and O–H groups in total. The van der Waals surface area contributed by atoms with Crippen LogP contribution in [-0.2, 0) is 11.3 Å². The summed E-state index contributed by atoms with van der Waals surface area (Å²) in [5.74, 6) is 0.408. The zero-order valence-corrected chi connectivity index (χ0v) is 16.8. The summed E-state index contributed by atoms with van der Waals surface area (Å²) >= 11 is 1.30. The number of rotatable bonds is 8. The summed E-state index contributed by atoms with van der Waals surface area (Å²) in [6.45, 7) is 0.925. The Morgan fingerprint density at radius 3 is 2.59 bits per heavy atom. The SMILES string of the molecule is CN(CCC#N)C(=O)CSc1nnc(-c2ccc(F)cc2)n1Cc1ccccc1. The number of halogens is 1. The zero-order chi connectivity index (χ0) is 20.6. The van der Waals surface area contributed by atoms with Crippen LogP contribution in [0.1, 0.15) is 12.0 Å². The van der Waals surface area contributed by atoms with Crippen molar-refractivity contribution in [3.8, 4) is 17.5 Å². The Bertz CT molecular complexity index is 998. The number of hydrogen-bond donors (Lipinski definition) is 0. The smallest absolute Gasteiger partial charge is 0.232 e. The van der Waals surface area contributed by atoms with E-state index in [4.69, 9.17) is 5.26 Å². The van der Waals surface area contributed by atoms with E-state index >= 15 is 0 Å². The highest BCUT2D eigenvalue weighted by molar-refractivity contribution is 7.99. The van der Waals surface area contributed by atoms with Crippen LogP contribution in [0.25, 0.3) is 11.4 Å². The van der Waals surface area contributed by atoms with E-state index in [1.807, 2.05) is 41.0 Å². The van der Waals surface area contributed by atoms with E-state index in [-0.39, 0.29) is 17.5 Å². The second kappa shape index (κ2) is 9.85. The molecule has 0 radical (unpaired) electrons. The topological polar surface area (TPSA) is 74.8 Å². The molecule has 0 bridgehead atoms. The third-order valence-electron chi connectivity index (χ3n) is 4.31. The molecular weight excluding hydrogens is 389 g/mol. The van der Waals surface area contributed by atoms with Crippen LogP contribution in [0, 0.1) is 17.1 Å². The molecule has 1 amide bonds. The van der Waals surface area contributed by atoms with Crippen LogP contribution in [0.2, 0.25) is 0 Å². The van der Waals surface area contributed by atoms with E-state index in [0.29, 0.717) is 30.5 Å². The molecule has 0 aliphatic rings. The molecule has 1 aromatic heterocycles. The number of carbonyl (C=O) groups excluding carboxylic acids is 1. The number of thioether (sulfide) groups is 1. The molecule has 29 heavy (non-hydrogen) atoms. The van der Waals surface area contributed by atoms with Crippen LogP contribution in [-0.4, -0.2) is 44.9 Å². The number of hydrogen-bond acceptors (Lipinski definition) is 5. The van der Waals surface area contributed by atoms with E-state index in [1.165, 1.54) is 28.8 Å². The van der Waals surface area contributed by atoms with Crippen LogP contribution in [0.3, 0.4) is 0 Å². The van der Waals surface area contributed by atoms with E-state index in [9.17, 15) is 9.18 Å². The molecular formula is C21H20FN5OS. The molecule has 0 fully saturated rings. The normalized spacial score (nSPS) is 10.5. The fraction of sp³-hybridized carbons (Fsp3) is 0.238. The lowest BCUT2D eigenvalue weighted by Gasteiger charge is -2.15. The number of carbonyl (C=O) groups is 1. The lowest BCUT2D eigenvalue weighted by molar-refractivity contribution is -0.127. The quantitative estimate of drug-likeness (QED) is 0.532. The summed E-state index contributed by atoms with van der Waals surface area (Å²) < 4.78 is 15.2. The Morgan fingerprint density at radius 1 is 1.17 bits per heavy atom. The maximum absolute atomic E-state index is 13.3. The predicted octanol–water partition coefficient (Wildman–Crippen LogP) is 3.60. The van der Waals surface area contributed by atoms with Crippen molar-refractivity contribution < 1.29 is 9.18 Å². The molecule has 0 aliphatic heterocycles. The second-order valence-corrected chi connectivity index (χ2v) is 7.34. The van der Waals surface area contributed by atoms with Crippen LogP contribution in [0.4, 0.5) is 4.39 Å². The van der Waals surface area contributed by atoms with Gasteiger partial charge in [0.25, 0.3) is 0 Å². The minimum atomic E-state index is -0.316. The highest BCUT2D eigenvalue weighted by atomic mass is 32.2. The number of aromatic nitrogens is 3. The number of nitriles is 1. The average Bonchev–Trinajstić information content (AvgIpc) is 3.13. The fourth-order valence-corrected chi connectivity index (χ4v) is 3.57. The van der Waals surface area contributed by atoms with Crippen LogP contribution in [0.15, 0.2) is 59.8 Å². The lowest BCUT2D eigenvalue weighted by Crippen LogP contribution is -2.29. The average molecular weight is 409 g/mol. The molecule has 0 aliphatic carbocycles. The van der Waals surface area contributed by atoms with Crippen molar-refractivity contribution in [2.75, 3.05) is 19.3 Å². The van der Waals surface area contributed by atoms with Crippen molar-refractivity contribution in [2.45, 2.75) is 18.1 Å². The van der Waals surface area contributed by atoms with Crippen LogP contribution in [0.5, 0.6) is 0 Å². The van der Waals surface area contributed by atoms with E-state index in [0.717, 1.165) is 11.1 Å². The Morgan fingerprint density at radius 2 is 1.90 bits per heavy atom. The van der Waals surface area contributed by atoms with Crippen molar-refractivity contribution in [2.24, 2.45) is 0 Å². The van der Waals surface area contributed by atoms with Crippen LogP contribution < -0.4 is 0 Å². The molecule has 0 unspecified atom stereocenters. The van der Waals surface area contributed by atoms with Gasteiger partial charge in [-0.25, -0.2) is 4.39 Å². The molecule has 0 atom stereocenters. The summed E-state index contributed by atoms with van der Waals surface area (Å²) in [4.78, 5) is 13.8. The van der Waals surface area contributed by atoms with Gasteiger partial charge in [0.1, 0.15) is 5.82 Å². The molecule has 1 heterocycles. The fourth-order valence-electron chi connectivity index (χ4n) is 2.70. The maximum Gasteiger partial charge on any atom is 0.232 e. The summed E-state index contributed by atoms with van der Waals surface area (Å²) in [5.41, 5.74) is 1.81. The van der Waals surface area contributed by atoms with Crippen molar-refractivity contribution in [3.63, 3.8) is 0 Å². The van der Waals surface area contributed by atoms with Gasteiger partial charge in [-0.05, 0) is 29.8 Å². The Labute approximate surface area is 173 Å². The van der Waals surface area contributed by atoms with Gasteiger partial charge < -0.3 is 4.90 Å². The van der Waals surface area contributed by atoms with Gasteiger partial charge in [0, 0.05) is 19.2 Å². The number of benzene rings is 2. The van der Waals surface area contributed by atoms with Gasteiger partial charge >= 0.3 is 0 Å². The van der Waals surface area contributed by atoms with Gasteiger partial charge in [-0.15, -0.1) is 10.2 Å². The first-order valence-electron chi connectivity index (χ1n) is 9.05. The Kier molecular flexibility index (Phi) is 6.98. The highest BCUT2D eigenvalue weighted by Gasteiger charge is 2.17. The molecule has 0 saturated carbocycles. The van der Waals surface area contributed by atoms with Crippen molar-refractivity contribution in [1.29, 1.82) is 5.26 Å². The largest absolute Gasteiger partial charge is 0.344 e. The van der Waals surface area contributed by atoms with Gasteiger partial charge in [0.15, 0.2) is 11.0 Å². The second-order valence-electron chi connectivity index (χ2n) is 6.40. The maximum atomic E-state index is 13.3. The number of amides is 1. The molecule has 0 saturated heterocycles. The minimum absolute atomic E-state index is 0.0807. The number of nitrogens with zero attached hydrogens (tertiary/aromatic N) is 5. The van der Waals surface area contributed by atoms with Crippen molar-refractivity contribution in [1.82, 2.24) is 19.7 Å². The highest BCUT2D eigenvalue weighted by Crippen LogP contribution is 2.25. The Balaban J connectivity index is 1.83. The first kappa shape index (κ1) is 20.6. The van der Waals surface area contributed by atoms with E-state index < -0.39 is 0 Å². The molecule has 8 heteroatoms. The summed E-state index contributed by atoms with van der Waals surface area (Å²) in [6.07, 6.45) is 0.297. The zero-order valence-electron chi connectivity index (χ0n) is 16.0. The Hall–Kier alpha value is -3.18. The summed E-state index contributed by atoms with van der Waals surface area (Å²) in [6, 6.07) is 18.0. The summed E-state index contributed by atoms with van der Waals surface area (Å²) in [7, 11) is 1.68. The minimum Gasteiger partial charge on any atom is -0.344 e. The molecule has 148 valence electrons. The molecule has 0 spiro atoms. The molecule has 3 rings (SSSR count). The van der Waals surface area contributed by atoms with Crippen LogP contribution >= 0.6 is 11.8 Å². The first-order chi connectivity index (χ1) is 14.1. The molecule has 2 aromatic carbocycles. The van der Waals surface area contributed by atoms with Gasteiger partial charge in [0.2, 0.25) is 5.91 Å². The molecule has 3 aromatic rings. The van der Waals surface area contributed by atoms with Gasteiger partial charge in [0.05, 0.1) is 24.8 Å². The third-order valence-corrected chi connectivity index (χ3v) is 5.26. The summed E-state index contributed by atoms with van der Waals surface area (Å²) in [5, 5.41) is 17.8. The predicted molar refractivity (Wildman–Crippen MR) is 110 cm³/mol. The van der Waals surface area contributed by atoms with E-state index in [2.05, 4.69) is 10.2 Å². The third kappa shape index (κ3) is 5.42. The van der Waals surface area contributed by atoms with E-state index in [1.54, 1.807) is 19.2 Å². The van der Waals surface area contributed by atoms with Crippen molar-refractivity contribution in [3.05, 3.63) is 66.0 Å². The molecule has 6 nitrogen and oxygen atoms in total. The first-order valence-corrected chi connectivity index (χ1v) is 10.0. The standard InChI is InChI=1S/C21H20FN5OS/c1-26(13-5-12-23)19(28)15-29-21-25-24-20(17-8-10-18(22)11-9-17)27(21)14-16-6-3-2-4-7-16/h2-4,6-11H,5,13-15H2,1H3. The van der Waals surface area contributed by atoms with Gasteiger partial charge in [-0.3, -0.25) is 9.36 Å². The monoisotopic (exact) mass is 409 g/mol.